The van der Waals surface area contributed by atoms with Crippen molar-refractivity contribution in [1.82, 2.24) is 14.8 Å². The number of carbonyl (C=O) groups excluding carboxylic acids is 2. The number of likely N-dealkylation sites (tertiary alicyclic amines) is 2. The monoisotopic (exact) mass is 519 g/mol. The molecule has 1 aromatic heterocycles. The van der Waals surface area contributed by atoms with Gasteiger partial charge in [0.2, 0.25) is 0 Å². The predicted octanol–water partition coefficient (Wildman–Crippen LogP) is 5.01. The van der Waals surface area contributed by atoms with Crippen LogP contribution >= 0.6 is 11.6 Å². The van der Waals surface area contributed by atoms with E-state index in [-0.39, 0.29) is 23.8 Å². The zero-order valence-corrected chi connectivity index (χ0v) is 21.8. The van der Waals surface area contributed by atoms with Gasteiger partial charge in [0.1, 0.15) is 11.8 Å². The minimum Gasteiger partial charge on any atom is -0.493 e. The van der Waals surface area contributed by atoms with E-state index in [4.69, 9.17) is 21.1 Å². The molecular weight excluding hydrogens is 490 g/mol. The lowest BCUT2D eigenvalue weighted by Gasteiger charge is -2.37. The Kier molecular flexibility index (Phi) is 7.33. The molecule has 0 saturated carbocycles. The highest BCUT2D eigenvalue weighted by Crippen LogP contribution is 2.36. The summed E-state index contributed by atoms with van der Waals surface area (Å²) in [7, 11) is 1.60. The molecule has 192 valence electrons. The van der Waals surface area contributed by atoms with Crippen molar-refractivity contribution in [3.63, 3.8) is 0 Å². The molecule has 37 heavy (non-hydrogen) atoms. The average Bonchev–Trinajstić information content (AvgIpc) is 3.37. The van der Waals surface area contributed by atoms with Crippen LogP contribution in [0.15, 0.2) is 60.8 Å². The number of pyridine rings is 1. The van der Waals surface area contributed by atoms with E-state index in [0.717, 1.165) is 24.0 Å². The molecule has 0 spiro atoms. The molecule has 2 aliphatic heterocycles. The average molecular weight is 520 g/mol. The highest BCUT2D eigenvalue weighted by atomic mass is 35.5. The van der Waals surface area contributed by atoms with Gasteiger partial charge in [-0.3, -0.25) is 9.59 Å². The van der Waals surface area contributed by atoms with Crippen LogP contribution in [0.25, 0.3) is 0 Å². The molecule has 2 fully saturated rings. The summed E-state index contributed by atoms with van der Waals surface area (Å²) >= 11 is 5.88. The summed E-state index contributed by atoms with van der Waals surface area (Å²) in [6.45, 7) is 4.08. The highest BCUT2D eigenvalue weighted by molar-refractivity contribution is 6.29. The van der Waals surface area contributed by atoms with Crippen LogP contribution < -0.4 is 9.47 Å². The smallest absolute Gasteiger partial charge is 0.255 e. The Morgan fingerprint density at radius 1 is 1.05 bits per heavy atom. The van der Waals surface area contributed by atoms with Gasteiger partial charge in [-0.25, -0.2) is 4.98 Å². The zero-order valence-electron chi connectivity index (χ0n) is 21.0. The molecule has 2 saturated heterocycles. The number of halogens is 1. The number of amides is 2. The molecule has 2 aliphatic rings. The summed E-state index contributed by atoms with van der Waals surface area (Å²) in [4.78, 5) is 34.8. The van der Waals surface area contributed by atoms with Crippen molar-refractivity contribution in [3.8, 4) is 11.5 Å². The Morgan fingerprint density at radius 2 is 1.86 bits per heavy atom. The largest absolute Gasteiger partial charge is 0.493 e. The van der Waals surface area contributed by atoms with E-state index in [9.17, 15) is 9.59 Å². The second-order valence-electron chi connectivity index (χ2n) is 9.64. The lowest BCUT2D eigenvalue weighted by Crippen LogP contribution is -2.48. The van der Waals surface area contributed by atoms with Gasteiger partial charge in [-0.1, -0.05) is 41.9 Å². The molecule has 7 nitrogen and oxygen atoms in total. The topological polar surface area (TPSA) is 72.0 Å². The van der Waals surface area contributed by atoms with Gasteiger partial charge in [0, 0.05) is 31.4 Å². The second-order valence-corrected chi connectivity index (χ2v) is 10.0. The number of hydrogen-bond donors (Lipinski definition) is 0. The lowest BCUT2D eigenvalue weighted by atomic mass is 9.91. The first-order valence-electron chi connectivity index (χ1n) is 12.5. The molecule has 0 N–H and O–H groups in total. The summed E-state index contributed by atoms with van der Waals surface area (Å²) in [5, 5.41) is 0.352. The van der Waals surface area contributed by atoms with Gasteiger partial charge in [0.15, 0.2) is 11.5 Å². The van der Waals surface area contributed by atoms with E-state index in [2.05, 4.69) is 4.98 Å². The van der Waals surface area contributed by atoms with Crippen LogP contribution in [0.2, 0.25) is 5.15 Å². The van der Waals surface area contributed by atoms with Gasteiger partial charge in [-0.2, -0.15) is 0 Å². The standard InChI is InChI=1S/C29H30ClN3O4/c1-19-13-25(36-2)26(37-18-20-7-4-3-5-8-20)14-23(19)29(35)33-12-6-9-22-16-32(17-24(22)33)28(34)21-10-11-27(30)31-15-21/h3-5,7-8,10-11,13-15,22,24H,6,9,12,16-18H2,1-2H3/t22-,24+/m1/s1. The molecule has 3 heterocycles. The van der Waals surface area contributed by atoms with E-state index < -0.39 is 0 Å². The molecule has 0 bridgehead atoms. The van der Waals surface area contributed by atoms with Crippen molar-refractivity contribution in [2.45, 2.75) is 32.4 Å². The third-order valence-electron chi connectivity index (χ3n) is 7.28. The lowest BCUT2D eigenvalue weighted by molar-refractivity contribution is 0.0563. The van der Waals surface area contributed by atoms with Crippen molar-refractivity contribution in [2.75, 3.05) is 26.7 Å². The molecule has 0 aliphatic carbocycles. The van der Waals surface area contributed by atoms with E-state index in [0.29, 0.717) is 54.0 Å². The van der Waals surface area contributed by atoms with Crippen LogP contribution in [0.3, 0.4) is 0 Å². The summed E-state index contributed by atoms with van der Waals surface area (Å²) < 4.78 is 11.6. The van der Waals surface area contributed by atoms with Gasteiger partial charge >= 0.3 is 0 Å². The van der Waals surface area contributed by atoms with Crippen LogP contribution in [0.1, 0.15) is 44.7 Å². The van der Waals surface area contributed by atoms with E-state index in [1.807, 2.05) is 53.1 Å². The number of piperidine rings is 1. The number of carbonyl (C=O) groups is 2. The molecule has 8 heteroatoms. The van der Waals surface area contributed by atoms with Crippen LogP contribution in [-0.4, -0.2) is 59.4 Å². The zero-order chi connectivity index (χ0) is 25.9. The number of benzene rings is 2. The number of ether oxygens (including phenoxy) is 2. The van der Waals surface area contributed by atoms with Gasteiger partial charge < -0.3 is 19.3 Å². The normalized spacial score (nSPS) is 18.9. The van der Waals surface area contributed by atoms with Crippen molar-refractivity contribution >= 4 is 23.4 Å². The quantitative estimate of drug-likeness (QED) is 0.428. The summed E-state index contributed by atoms with van der Waals surface area (Å²) in [6.07, 6.45) is 3.40. The van der Waals surface area contributed by atoms with Crippen LogP contribution in [0.5, 0.6) is 11.5 Å². The van der Waals surface area contributed by atoms with Gasteiger partial charge in [0.05, 0.1) is 18.7 Å². The molecule has 2 amide bonds. The second kappa shape index (κ2) is 10.8. The maximum absolute atomic E-state index is 13.9. The van der Waals surface area contributed by atoms with E-state index in [1.54, 1.807) is 25.3 Å². The highest BCUT2D eigenvalue weighted by Gasteiger charge is 2.43. The number of methoxy groups -OCH3 is 1. The van der Waals surface area contributed by atoms with Crippen LogP contribution in [0.4, 0.5) is 0 Å². The third-order valence-corrected chi connectivity index (χ3v) is 7.50. The first-order chi connectivity index (χ1) is 17.9. The number of aryl methyl sites for hydroxylation is 1. The van der Waals surface area contributed by atoms with Gasteiger partial charge in [0.25, 0.3) is 11.8 Å². The summed E-state index contributed by atoms with van der Waals surface area (Å²) in [5.74, 6) is 1.25. The number of nitrogens with zero attached hydrogens (tertiary/aromatic N) is 3. The minimum absolute atomic E-state index is 0.0272. The molecule has 2 aromatic carbocycles. The van der Waals surface area contributed by atoms with Crippen molar-refractivity contribution in [3.05, 3.63) is 88.2 Å². The SMILES string of the molecule is COc1cc(C)c(C(=O)N2CCC[C@@H]3CN(C(=O)c4ccc(Cl)nc4)C[C@@H]32)cc1OCc1ccccc1. The molecule has 0 unspecified atom stereocenters. The third kappa shape index (κ3) is 5.27. The summed E-state index contributed by atoms with van der Waals surface area (Å²) in [6, 6.07) is 16.8. The van der Waals surface area contributed by atoms with Crippen molar-refractivity contribution < 1.29 is 19.1 Å². The van der Waals surface area contributed by atoms with Gasteiger partial charge in [-0.05, 0) is 61.1 Å². The first-order valence-corrected chi connectivity index (χ1v) is 12.9. The number of fused-ring (bicyclic) bond motifs is 1. The van der Waals surface area contributed by atoms with Crippen molar-refractivity contribution in [1.29, 1.82) is 0 Å². The molecule has 2 atom stereocenters. The summed E-state index contributed by atoms with van der Waals surface area (Å²) in [5.41, 5.74) is 2.96. The minimum atomic E-state index is -0.0804. The Hall–Kier alpha value is -3.58. The number of rotatable bonds is 6. The fourth-order valence-corrected chi connectivity index (χ4v) is 5.45. The molecule has 0 radical (unpaired) electrons. The maximum Gasteiger partial charge on any atom is 0.255 e. The van der Waals surface area contributed by atoms with Crippen molar-refractivity contribution in [2.24, 2.45) is 5.92 Å². The maximum atomic E-state index is 13.9. The Bertz CT molecular complexity index is 1280. The Balaban J connectivity index is 1.35. The Labute approximate surface area is 222 Å². The predicted molar refractivity (Wildman–Crippen MR) is 141 cm³/mol. The fourth-order valence-electron chi connectivity index (χ4n) is 5.34. The van der Waals surface area contributed by atoms with Crippen LogP contribution in [-0.2, 0) is 6.61 Å². The van der Waals surface area contributed by atoms with E-state index >= 15 is 0 Å². The number of aromatic nitrogens is 1. The Morgan fingerprint density at radius 3 is 2.59 bits per heavy atom. The number of hydrogen-bond acceptors (Lipinski definition) is 5. The molecule has 5 rings (SSSR count). The van der Waals surface area contributed by atoms with Crippen LogP contribution in [0, 0.1) is 12.8 Å². The molecular formula is C29H30ClN3O4. The fraction of sp³-hybridized carbons (Fsp3) is 0.345. The molecule has 3 aromatic rings. The van der Waals surface area contributed by atoms with E-state index in [1.165, 1.54) is 6.20 Å². The van der Waals surface area contributed by atoms with Gasteiger partial charge in [-0.15, -0.1) is 0 Å². The first kappa shape index (κ1) is 25.1.